The van der Waals surface area contributed by atoms with Gasteiger partial charge in [0.25, 0.3) is 0 Å². The lowest BCUT2D eigenvalue weighted by Crippen LogP contribution is -2.54. The Labute approximate surface area is 83.6 Å². The lowest BCUT2D eigenvalue weighted by molar-refractivity contribution is -0.171. The van der Waals surface area contributed by atoms with Gasteiger partial charge in [0.05, 0.1) is 5.03 Å². The van der Waals surface area contributed by atoms with E-state index in [1.807, 2.05) is 0 Å². The number of rotatable bonds is 0. The summed E-state index contributed by atoms with van der Waals surface area (Å²) in [6.45, 7) is 0. The van der Waals surface area contributed by atoms with E-state index in [1.165, 1.54) is 0 Å². The molecule has 0 amide bonds. The van der Waals surface area contributed by atoms with E-state index in [0.717, 1.165) is 0 Å². The minimum absolute atomic E-state index is 0.397. The minimum Gasteiger partial charge on any atom is -0.452 e. The summed E-state index contributed by atoms with van der Waals surface area (Å²) in [6.07, 6.45) is -1.06. The molecule has 5 nitrogen and oxygen atoms in total. The van der Waals surface area contributed by atoms with Crippen LogP contribution in [0.5, 0.6) is 0 Å². The summed E-state index contributed by atoms with van der Waals surface area (Å²) in [6, 6.07) is 0. The average molecular weight is 217 g/mol. The zero-order chi connectivity index (χ0) is 9.87. The Morgan fingerprint density at radius 3 is 2.64 bits per heavy atom. The SMILES string of the molecule is O=C1O[C@@H]2[C@H](O1)[C@@H]1C=C(Cl)[C@H]2OC1=O. The highest BCUT2D eigenvalue weighted by Crippen LogP contribution is 2.41. The fraction of sp³-hybridized carbons (Fsp3) is 0.500. The largest absolute Gasteiger partial charge is 0.509 e. The Morgan fingerprint density at radius 1 is 1.14 bits per heavy atom. The molecule has 0 unspecified atom stereocenters. The summed E-state index contributed by atoms with van der Waals surface area (Å²) < 4.78 is 14.7. The number of hydrogen-bond donors (Lipinski definition) is 0. The Morgan fingerprint density at radius 2 is 1.86 bits per heavy atom. The van der Waals surface area contributed by atoms with E-state index in [0.29, 0.717) is 5.03 Å². The van der Waals surface area contributed by atoms with E-state index in [2.05, 4.69) is 0 Å². The number of esters is 1. The monoisotopic (exact) mass is 216 g/mol. The molecule has 4 atom stereocenters. The highest BCUT2D eigenvalue weighted by molar-refractivity contribution is 6.30. The van der Waals surface area contributed by atoms with E-state index < -0.39 is 36.4 Å². The first-order valence-electron chi connectivity index (χ1n) is 4.12. The molecule has 1 aliphatic carbocycles. The second kappa shape index (κ2) is 2.42. The molecule has 2 bridgehead atoms. The number of fused-ring (bicyclic) bond motifs is 1. The van der Waals surface area contributed by atoms with Gasteiger partial charge in [0.15, 0.2) is 18.3 Å². The molecule has 0 aromatic carbocycles. The van der Waals surface area contributed by atoms with E-state index in [4.69, 9.17) is 25.8 Å². The van der Waals surface area contributed by atoms with Crippen LogP contribution in [0.1, 0.15) is 0 Å². The molecule has 0 aromatic rings. The molecule has 74 valence electrons. The quantitative estimate of drug-likeness (QED) is 0.554. The molecule has 14 heavy (non-hydrogen) atoms. The Kier molecular flexibility index (Phi) is 1.40. The smallest absolute Gasteiger partial charge is 0.452 e. The van der Waals surface area contributed by atoms with Crippen molar-refractivity contribution < 1.29 is 23.8 Å². The van der Waals surface area contributed by atoms with Gasteiger partial charge in [0, 0.05) is 0 Å². The van der Waals surface area contributed by atoms with Gasteiger partial charge >= 0.3 is 12.1 Å². The van der Waals surface area contributed by atoms with Crippen molar-refractivity contribution >= 4 is 23.7 Å². The summed E-state index contributed by atoms with van der Waals surface area (Å²) >= 11 is 5.83. The standard InChI is InChI=1S/C8H5ClO5/c9-3-1-2-4-6(14-8(11)13-4)5(3)12-7(2)10/h1-2,4-6H/t2-,4+,5+,6+/m0/s1. The van der Waals surface area contributed by atoms with Crippen molar-refractivity contribution in [3.8, 4) is 0 Å². The van der Waals surface area contributed by atoms with Gasteiger partial charge in [-0.1, -0.05) is 11.6 Å². The molecule has 3 heterocycles. The molecule has 3 aliphatic heterocycles. The molecule has 0 N–H and O–H groups in total. The van der Waals surface area contributed by atoms with Crippen molar-refractivity contribution in [1.29, 1.82) is 0 Å². The van der Waals surface area contributed by atoms with Gasteiger partial charge < -0.3 is 14.2 Å². The van der Waals surface area contributed by atoms with E-state index in [1.54, 1.807) is 6.08 Å². The van der Waals surface area contributed by atoms with Crippen LogP contribution < -0.4 is 0 Å². The molecule has 0 aromatic heterocycles. The summed E-state index contributed by atoms with van der Waals surface area (Å²) in [5.74, 6) is -1.04. The van der Waals surface area contributed by atoms with Gasteiger partial charge in [-0.15, -0.1) is 0 Å². The van der Waals surface area contributed by atoms with Gasteiger partial charge in [-0.3, -0.25) is 4.79 Å². The van der Waals surface area contributed by atoms with Crippen LogP contribution in [0.3, 0.4) is 0 Å². The van der Waals surface area contributed by atoms with Crippen molar-refractivity contribution in [2.24, 2.45) is 5.92 Å². The van der Waals surface area contributed by atoms with Crippen LogP contribution in [0.2, 0.25) is 0 Å². The van der Waals surface area contributed by atoms with Crippen molar-refractivity contribution in [2.75, 3.05) is 0 Å². The molecule has 0 saturated carbocycles. The first kappa shape index (κ1) is 8.11. The van der Waals surface area contributed by atoms with Crippen LogP contribution in [0.4, 0.5) is 4.79 Å². The molecule has 4 rings (SSSR count). The molecular weight excluding hydrogens is 212 g/mol. The molecule has 0 spiro atoms. The maximum Gasteiger partial charge on any atom is 0.509 e. The van der Waals surface area contributed by atoms with E-state index in [-0.39, 0.29) is 0 Å². The van der Waals surface area contributed by atoms with Crippen molar-refractivity contribution in [3.63, 3.8) is 0 Å². The van der Waals surface area contributed by atoms with E-state index >= 15 is 0 Å². The van der Waals surface area contributed by atoms with Gasteiger partial charge in [-0.2, -0.15) is 0 Å². The van der Waals surface area contributed by atoms with Crippen molar-refractivity contribution in [3.05, 3.63) is 11.1 Å². The molecule has 0 radical (unpaired) electrons. The second-order valence-electron chi connectivity index (χ2n) is 3.35. The molecule has 2 fully saturated rings. The maximum absolute atomic E-state index is 11.3. The highest BCUT2D eigenvalue weighted by Gasteiger charge is 2.58. The number of ether oxygens (including phenoxy) is 3. The topological polar surface area (TPSA) is 61.8 Å². The Bertz CT molecular complexity index is 363. The summed E-state index contributed by atoms with van der Waals surface area (Å²) in [5.41, 5.74) is 0. The summed E-state index contributed by atoms with van der Waals surface area (Å²) in [7, 11) is 0. The van der Waals surface area contributed by atoms with Crippen LogP contribution >= 0.6 is 11.6 Å². The van der Waals surface area contributed by atoms with Crippen LogP contribution in [0.15, 0.2) is 11.1 Å². The van der Waals surface area contributed by atoms with Crippen LogP contribution in [0.25, 0.3) is 0 Å². The lowest BCUT2D eigenvalue weighted by Gasteiger charge is -2.37. The van der Waals surface area contributed by atoms with Crippen LogP contribution in [-0.4, -0.2) is 30.4 Å². The highest BCUT2D eigenvalue weighted by atomic mass is 35.5. The molecule has 6 heteroatoms. The van der Waals surface area contributed by atoms with E-state index in [9.17, 15) is 9.59 Å². The molecule has 4 aliphatic rings. The van der Waals surface area contributed by atoms with Crippen molar-refractivity contribution in [1.82, 2.24) is 0 Å². The zero-order valence-corrected chi connectivity index (χ0v) is 7.56. The molecular formula is C8H5ClO5. The average Bonchev–Trinajstić information content (AvgIpc) is 2.50. The summed E-state index contributed by atoms with van der Waals surface area (Å²) in [4.78, 5) is 22.1. The number of hydrogen-bond acceptors (Lipinski definition) is 5. The van der Waals surface area contributed by atoms with Gasteiger partial charge in [0.1, 0.15) is 5.92 Å². The third-order valence-corrected chi connectivity index (χ3v) is 2.91. The minimum atomic E-state index is -0.770. The predicted molar refractivity (Wildman–Crippen MR) is 42.4 cm³/mol. The first-order chi connectivity index (χ1) is 6.66. The summed E-state index contributed by atoms with van der Waals surface area (Å²) in [5, 5.41) is 0.397. The van der Waals surface area contributed by atoms with Gasteiger partial charge in [-0.25, -0.2) is 4.79 Å². The Hall–Kier alpha value is -1.23. The third-order valence-electron chi connectivity index (χ3n) is 2.57. The fourth-order valence-corrected chi connectivity index (χ4v) is 2.25. The van der Waals surface area contributed by atoms with Gasteiger partial charge in [-0.05, 0) is 6.08 Å². The fourth-order valence-electron chi connectivity index (χ4n) is 1.94. The number of carbonyl (C=O) groups excluding carboxylic acids is 2. The van der Waals surface area contributed by atoms with Crippen LogP contribution in [0, 0.1) is 5.92 Å². The Balaban J connectivity index is 2.04. The van der Waals surface area contributed by atoms with Gasteiger partial charge in [0.2, 0.25) is 0 Å². The lowest BCUT2D eigenvalue weighted by atomic mass is 9.85. The predicted octanol–water partition coefficient (Wildman–Crippen LogP) is 0.568. The van der Waals surface area contributed by atoms with Crippen LogP contribution in [-0.2, 0) is 19.0 Å². The van der Waals surface area contributed by atoms with Crippen molar-refractivity contribution in [2.45, 2.75) is 18.3 Å². The number of halogens is 1. The first-order valence-corrected chi connectivity index (χ1v) is 4.49. The zero-order valence-electron chi connectivity index (χ0n) is 6.81. The second-order valence-corrected chi connectivity index (χ2v) is 3.79. The normalized spacial score (nSPS) is 43.6. The molecule has 2 saturated heterocycles. The third kappa shape index (κ3) is 0.850. The number of carbonyl (C=O) groups is 2. The maximum atomic E-state index is 11.3.